The van der Waals surface area contributed by atoms with Gasteiger partial charge in [-0.15, -0.1) is 0 Å². The van der Waals surface area contributed by atoms with Gasteiger partial charge in [-0.25, -0.2) is 8.78 Å². The number of alkyl halides is 3. The standard InChI is InChI=1S/C37H49F5O3/c1-2-3-4-6-25-23-43-36(44-24-25)29-10-8-26(9-11-29)30-15-19-33(35(40)21-30)27-12-16-31(17-13-27)37(41,42)45-32-18-14-28(7-5-20-38)34(39)22-32/h14-15,18-19,21-22,25-27,29,31,36H,2-13,16-17,20,23-24H2,1H3. The van der Waals surface area contributed by atoms with E-state index in [1.165, 1.54) is 37.8 Å². The third-order valence-corrected chi connectivity index (χ3v) is 10.4. The van der Waals surface area contributed by atoms with Gasteiger partial charge in [0.05, 0.1) is 25.8 Å². The van der Waals surface area contributed by atoms with Gasteiger partial charge in [-0.05, 0) is 111 Å². The van der Waals surface area contributed by atoms with Crippen LogP contribution in [0.4, 0.5) is 22.0 Å². The summed E-state index contributed by atoms with van der Waals surface area (Å²) in [7, 11) is 0. The molecule has 1 heterocycles. The van der Waals surface area contributed by atoms with Gasteiger partial charge < -0.3 is 14.2 Å². The summed E-state index contributed by atoms with van der Waals surface area (Å²) in [5.41, 5.74) is 1.88. The molecule has 0 N–H and O–H groups in total. The molecule has 2 aromatic rings. The Balaban J connectivity index is 1.08. The molecule has 1 saturated heterocycles. The monoisotopic (exact) mass is 636 g/mol. The smallest absolute Gasteiger partial charge is 0.400 e. The van der Waals surface area contributed by atoms with E-state index in [1.54, 1.807) is 6.07 Å². The molecule has 5 rings (SSSR count). The molecule has 0 radical (unpaired) electrons. The number of unbranched alkanes of at least 4 members (excludes halogenated alkanes) is 2. The normalized spacial score (nSPS) is 27.8. The Kier molecular flexibility index (Phi) is 12.2. The Bertz CT molecular complexity index is 1200. The number of halogens is 5. The van der Waals surface area contributed by atoms with Gasteiger partial charge in [-0.2, -0.15) is 8.78 Å². The van der Waals surface area contributed by atoms with Crippen molar-refractivity contribution < 1.29 is 36.2 Å². The molecule has 0 unspecified atom stereocenters. The van der Waals surface area contributed by atoms with Gasteiger partial charge in [0.15, 0.2) is 6.29 Å². The first-order valence-corrected chi connectivity index (χ1v) is 17.2. The van der Waals surface area contributed by atoms with Gasteiger partial charge in [0.1, 0.15) is 17.4 Å². The Morgan fingerprint density at radius 1 is 0.800 bits per heavy atom. The summed E-state index contributed by atoms with van der Waals surface area (Å²) in [6, 6.07) is 9.16. The van der Waals surface area contributed by atoms with Crippen molar-refractivity contribution in [3.8, 4) is 5.75 Å². The minimum Gasteiger partial charge on any atom is -0.432 e. The van der Waals surface area contributed by atoms with Crippen molar-refractivity contribution in [2.75, 3.05) is 19.9 Å². The zero-order chi connectivity index (χ0) is 31.8. The first-order chi connectivity index (χ1) is 21.8. The van der Waals surface area contributed by atoms with E-state index in [0.717, 1.165) is 50.5 Å². The molecular weight excluding hydrogens is 587 g/mol. The van der Waals surface area contributed by atoms with Crippen molar-refractivity contribution in [1.82, 2.24) is 0 Å². The molecule has 0 spiro atoms. The zero-order valence-electron chi connectivity index (χ0n) is 26.6. The van der Waals surface area contributed by atoms with E-state index in [4.69, 9.17) is 14.2 Å². The fourth-order valence-corrected chi connectivity index (χ4v) is 7.57. The predicted molar refractivity (Wildman–Crippen MR) is 165 cm³/mol. The average Bonchev–Trinajstić information content (AvgIpc) is 3.05. The molecule has 250 valence electrons. The van der Waals surface area contributed by atoms with Crippen LogP contribution >= 0.6 is 0 Å². The van der Waals surface area contributed by atoms with E-state index in [2.05, 4.69) is 6.92 Å². The minimum absolute atomic E-state index is 0.125. The Labute approximate surface area is 265 Å². The fraction of sp³-hybridized carbons (Fsp3) is 0.676. The van der Waals surface area contributed by atoms with Crippen molar-refractivity contribution >= 4 is 0 Å². The van der Waals surface area contributed by atoms with E-state index in [9.17, 15) is 8.78 Å². The summed E-state index contributed by atoms with van der Waals surface area (Å²) in [6.07, 6.45) is 6.82. The van der Waals surface area contributed by atoms with Crippen molar-refractivity contribution in [2.24, 2.45) is 17.8 Å². The molecule has 2 saturated carbocycles. The molecule has 45 heavy (non-hydrogen) atoms. The Hall–Kier alpha value is -2.19. The lowest BCUT2D eigenvalue weighted by Crippen LogP contribution is -2.38. The quantitative estimate of drug-likeness (QED) is 0.162. The van der Waals surface area contributed by atoms with Crippen molar-refractivity contribution in [3.63, 3.8) is 0 Å². The third kappa shape index (κ3) is 9.00. The number of ether oxygens (including phenoxy) is 3. The van der Waals surface area contributed by atoms with Crippen LogP contribution in [0.15, 0.2) is 36.4 Å². The molecule has 1 aliphatic heterocycles. The molecule has 0 atom stereocenters. The van der Waals surface area contributed by atoms with E-state index >= 15 is 13.2 Å². The molecule has 0 amide bonds. The Morgan fingerprint density at radius 3 is 2.16 bits per heavy atom. The molecule has 0 bridgehead atoms. The summed E-state index contributed by atoms with van der Waals surface area (Å²) in [6.45, 7) is 3.21. The van der Waals surface area contributed by atoms with Gasteiger partial charge in [-0.3, -0.25) is 4.39 Å². The zero-order valence-corrected chi connectivity index (χ0v) is 26.6. The number of rotatable bonds is 13. The maximum atomic E-state index is 15.4. The topological polar surface area (TPSA) is 27.7 Å². The summed E-state index contributed by atoms with van der Waals surface area (Å²) < 4.78 is 89.3. The predicted octanol–water partition coefficient (Wildman–Crippen LogP) is 10.7. The van der Waals surface area contributed by atoms with Crippen LogP contribution in [0, 0.1) is 29.4 Å². The summed E-state index contributed by atoms with van der Waals surface area (Å²) >= 11 is 0. The summed E-state index contributed by atoms with van der Waals surface area (Å²) in [5, 5.41) is 0. The first kappa shape index (κ1) is 34.2. The van der Waals surface area contributed by atoms with E-state index in [0.29, 0.717) is 36.2 Å². The summed E-state index contributed by atoms with van der Waals surface area (Å²) in [5.74, 6) is -1.16. The van der Waals surface area contributed by atoms with Crippen LogP contribution < -0.4 is 4.74 Å². The van der Waals surface area contributed by atoms with E-state index < -0.39 is 24.5 Å². The number of benzene rings is 2. The highest BCUT2D eigenvalue weighted by Crippen LogP contribution is 2.45. The van der Waals surface area contributed by atoms with E-state index in [-0.39, 0.29) is 55.0 Å². The van der Waals surface area contributed by atoms with Crippen molar-refractivity contribution in [3.05, 3.63) is 64.7 Å². The molecule has 2 aliphatic carbocycles. The summed E-state index contributed by atoms with van der Waals surface area (Å²) in [4.78, 5) is 0. The number of hydrogen-bond acceptors (Lipinski definition) is 3. The molecule has 8 heteroatoms. The number of aryl methyl sites for hydroxylation is 1. The van der Waals surface area contributed by atoms with Crippen LogP contribution in [0.3, 0.4) is 0 Å². The van der Waals surface area contributed by atoms with Crippen LogP contribution in [0.5, 0.6) is 5.75 Å². The molecule has 3 aliphatic rings. The van der Waals surface area contributed by atoms with Gasteiger partial charge in [0.25, 0.3) is 0 Å². The largest absolute Gasteiger partial charge is 0.432 e. The highest BCUT2D eigenvalue weighted by molar-refractivity contribution is 5.31. The highest BCUT2D eigenvalue weighted by atomic mass is 19.3. The minimum atomic E-state index is -3.47. The highest BCUT2D eigenvalue weighted by Gasteiger charge is 2.44. The Morgan fingerprint density at radius 2 is 1.51 bits per heavy atom. The van der Waals surface area contributed by atoms with Crippen LogP contribution in [-0.4, -0.2) is 32.3 Å². The molecular formula is C37H49F5O3. The van der Waals surface area contributed by atoms with E-state index in [1.807, 2.05) is 12.1 Å². The van der Waals surface area contributed by atoms with Gasteiger partial charge in [0.2, 0.25) is 0 Å². The number of hydrogen-bond donors (Lipinski definition) is 0. The van der Waals surface area contributed by atoms with Crippen molar-refractivity contribution in [1.29, 1.82) is 0 Å². The maximum Gasteiger partial charge on any atom is 0.400 e. The second-order valence-electron chi connectivity index (χ2n) is 13.5. The average molecular weight is 637 g/mol. The maximum absolute atomic E-state index is 15.4. The van der Waals surface area contributed by atoms with Crippen LogP contribution in [0.1, 0.15) is 119 Å². The van der Waals surface area contributed by atoms with Gasteiger partial charge >= 0.3 is 6.11 Å². The lowest BCUT2D eigenvalue weighted by molar-refractivity contribution is -0.229. The van der Waals surface area contributed by atoms with Crippen LogP contribution in [0.25, 0.3) is 0 Å². The van der Waals surface area contributed by atoms with Gasteiger partial charge in [-0.1, -0.05) is 44.4 Å². The molecule has 0 aromatic heterocycles. The molecule has 3 nitrogen and oxygen atoms in total. The van der Waals surface area contributed by atoms with Crippen LogP contribution in [0.2, 0.25) is 0 Å². The second kappa shape index (κ2) is 16.1. The SMILES string of the molecule is CCCCCC1COC(C2CCC(c3ccc(C4CCC(C(F)(F)Oc5ccc(CCCF)c(F)c5)CC4)c(F)c3)CC2)OC1. The van der Waals surface area contributed by atoms with Gasteiger partial charge in [0, 0.05) is 17.9 Å². The van der Waals surface area contributed by atoms with Crippen LogP contribution in [-0.2, 0) is 15.9 Å². The molecule has 2 aromatic carbocycles. The fourth-order valence-electron chi connectivity index (χ4n) is 7.57. The van der Waals surface area contributed by atoms with Crippen molar-refractivity contribution in [2.45, 2.75) is 121 Å². The first-order valence-electron chi connectivity index (χ1n) is 17.2. The molecule has 3 fully saturated rings. The third-order valence-electron chi connectivity index (χ3n) is 10.4. The second-order valence-corrected chi connectivity index (χ2v) is 13.5. The lowest BCUT2D eigenvalue weighted by Gasteiger charge is -2.38. The lowest BCUT2D eigenvalue weighted by atomic mass is 9.76.